The lowest BCUT2D eigenvalue weighted by atomic mass is 9.99. The maximum absolute atomic E-state index is 11.9. The number of Topliss-reactive ketones (excluding diaryl/α,β-unsaturated/α-hetero) is 1. The van der Waals surface area contributed by atoms with Crippen LogP contribution < -0.4 is 0 Å². The molecule has 0 aromatic rings. The fourth-order valence-electron chi connectivity index (χ4n) is 1.54. The highest BCUT2D eigenvalue weighted by Crippen LogP contribution is 2.27. The standard InChI is InChI=1S/C10H18OS2/c1-3-4-8(2)10(11)9-7-12-5-6-13-9/h8-9H,3-7H2,1-2H3. The molecule has 13 heavy (non-hydrogen) atoms. The Labute approximate surface area is 89.4 Å². The summed E-state index contributed by atoms with van der Waals surface area (Å²) < 4.78 is 0. The van der Waals surface area contributed by atoms with E-state index in [0.29, 0.717) is 11.0 Å². The Morgan fingerprint density at radius 2 is 2.31 bits per heavy atom. The van der Waals surface area contributed by atoms with E-state index in [1.54, 1.807) is 0 Å². The number of hydrogen-bond acceptors (Lipinski definition) is 3. The van der Waals surface area contributed by atoms with E-state index in [2.05, 4.69) is 13.8 Å². The van der Waals surface area contributed by atoms with E-state index in [-0.39, 0.29) is 5.92 Å². The molecule has 1 aliphatic rings. The topological polar surface area (TPSA) is 17.1 Å². The molecule has 1 aliphatic heterocycles. The van der Waals surface area contributed by atoms with Gasteiger partial charge in [-0.3, -0.25) is 4.79 Å². The third kappa shape index (κ3) is 3.55. The summed E-state index contributed by atoms with van der Waals surface area (Å²) >= 11 is 3.78. The number of carbonyl (C=O) groups excluding carboxylic acids is 1. The molecule has 2 atom stereocenters. The largest absolute Gasteiger partial charge is 0.298 e. The average Bonchev–Trinajstić information content (AvgIpc) is 2.18. The summed E-state index contributed by atoms with van der Waals surface area (Å²) in [5.41, 5.74) is 0. The second-order valence-electron chi connectivity index (χ2n) is 3.53. The Bertz CT molecular complexity index is 164. The molecule has 1 rings (SSSR count). The van der Waals surface area contributed by atoms with E-state index in [9.17, 15) is 4.79 Å². The molecule has 1 nitrogen and oxygen atoms in total. The van der Waals surface area contributed by atoms with Crippen LogP contribution in [0.4, 0.5) is 0 Å². The summed E-state index contributed by atoms with van der Waals surface area (Å²) in [5, 5.41) is 0.292. The van der Waals surface area contributed by atoms with Gasteiger partial charge in [0.2, 0.25) is 0 Å². The minimum Gasteiger partial charge on any atom is -0.298 e. The van der Waals surface area contributed by atoms with E-state index in [1.807, 2.05) is 23.5 Å². The van der Waals surface area contributed by atoms with Gasteiger partial charge in [0.15, 0.2) is 0 Å². The minimum atomic E-state index is 0.279. The first-order valence-corrected chi connectivity index (χ1v) is 7.19. The van der Waals surface area contributed by atoms with Crippen LogP contribution in [-0.2, 0) is 4.79 Å². The first-order valence-electron chi connectivity index (χ1n) is 4.98. The molecule has 0 saturated carbocycles. The van der Waals surface area contributed by atoms with Crippen LogP contribution in [-0.4, -0.2) is 28.3 Å². The lowest BCUT2D eigenvalue weighted by Gasteiger charge is -2.22. The zero-order chi connectivity index (χ0) is 9.68. The van der Waals surface area contributed by atoms with Crippen LogP contribution in [0.15, 0.2) is 0 Å². The smallest absolute Gasteiger partial charge is 0.149 e. The van der Waals surface area contributed by atoms with E-state index < -0.39 is 0 Å². The van der Waals surface area contributed by atoms with Crippen LogP contribution in [0.25, 0.3) is 0 Å². The third-order valence-corrected chi connectivity index (χ3v) is 5.11. The minimum absolute atomic E-state index is 0.279. The molecule has 0 spiro atoms. The molecule has 0 bridgehead atoms. The van der Waals surface area contributed by atoms with Gasteiger partial charge < -0.3 is 0 Å². The molecule has 0 radical (unpaired) electrons. The van der Waals surface area contributed by atoms with Crippen molar-refractivity contribution >= 4 is 29.3 Å². The Kier molecular flexibility index (Phi) is 5.25. The number of ketones is 1. The molecule has 1 heterocycles. The summed E-state index contributed by atoms with van der Waals surface area (Å²) in [6, 6.07) is 0. The summed E-state index contributed by atoms with van der Waals surface area (Å²) in [6.07, 6.45) is 2.18. The van der Waals surface area contributed by atoms with Crippen LogP contribution in [0, 0.1) is 5.92 Å². The summed E-state index contributed by atoms with van der Waals surface area (Å²) in [7, 11) is 0. The van der Waals surface area contributed by atoms with Crippen LogP contribution in [0.1, 0.15) is 26.7 Å². The van der Waals surface area contributed by atoms with E-state index in [4.69, 9.17) is 0 Å². The fourth-order valence-corrected chi connectivity index (χ4v) is 4.30. The van der Waals surface area contributed by atoms with E-state index >= 15 is 0 Å². The highest BCUT2D eigenvalue weighted by Gasteiger charge is 2.25. The average molecular weight is 218 g/mol. The second-order valence-corrected chi connectivity index (χ2v) is 5.99. The zero-order valence-electron chi connectivity index (χ0n) is 8.41. The maximum atomic E-state index is 11.9. The molecule has 76 valence electrons. The van der Waals surface area contributed by atoms with Gasteiger partial charge in [0.05, 0.1) is 5.25 Å². The number of carbonyl (C=O) groups is 1. The molecule has 2 unspecified atom stereocenters. The SMILES string of the molecule is CCCC(C)C(=O)C1CSCCS1. The zero-order valence-corrected chi connectivity index (χ0v) is 10.0. The van der Waals surface area contributed by atoms with E-state index in [1.165, 1.54) is 5.75 Å². The highest BCUT2D eigenvalue weighted by molar-refractivity contribution is 8.07. The first kappa shape index (κ1) is 11.4. The van der Waals surface area contributed by atoms with Crippen molar-refractivity contribution in [2.45, 2.75) is 31.9 Å². The summed E-state index contributed by atoms with van der Waals surface area (Å²) in [6.45, 7) is 4.22. The molecular formula is C10H18OS2. The van der Waals surface area contributed by atoms with Gasteiger partial charge in [-0.15, -0.1) is 11.8 Å². The van der Waals surface area contributed by atoms with Gasteiger partial charge in [0, 0.05) is 23.2 Å². The molecule has 0 N–H and O–H groups in total. The van der Waals surface area contributed by atoms with Gasteiger partial charge in [-0.25, -0.2) is 0 Å². The van der Waals surface area contributed by atoms with Crippen molar-refractivity contribution in [2.24, 2.45) is 5.92 Å². The van der Waals surface area contributed by atoms with E-state index in [0.717, 1.165) is 24.3 Å². The van der Waals surface area contributed by atoms with Crippen LogP contribution in [0.5, 0.6) is 0 Å². The van der Waals surface area contributed by atoms with Crippen LogP contribution >= 0.6 is 23.5 Å². The molecule has 0 aliphatic carbocycles. The predicted molar refractivity (Wildman–Crippen MR) is 62.7 cm³/mol. The normalized spacial score (nSPS) is 25.5. The monoisotopic (exact) mass is 218 g/mol. The van der Waals surface area contributed by atoms with Crippen molar-refractivity contribution in [3.05, 3.63) is 0 Å². The lowest BCUT2D eigenvalue weighted by molar-refractivity contribution is -0.121. The van der Waals surface area contributed by atoms with Gasteiger partial charge in [-0.05, 0) is 6.42 Å². The molecule has 0 aromatic carbocycles. The maximum Gasteiger partial charge on any atom is 0.149 e. The predicted octanol–water partition coefficient (Wildman–Crippen LogP) is 2.84. The third-order valence-electron chi connectivity index (χ3n) is 2.34. The van der Waals surface area contributed by atoms with Gasteiger partial charge in [0.25, 0.3) is 0 Å². The van der Waals surface area contributed by atoms with Gasteiger partial charge in [-0.1, -0.05) is 20.3 Å². The summed E-state index contributed by atoms with van der Waals surface area (Å²) in [5.74, 6) is 4.17. The Morgan fingerprint density at radius 1 is 1.54 bits per heavy atom. The fraction of sp³-hybridized carbons (Fsp3) is 0.900. The Morgan fingerprint density at radius 3 is 2.85 bits per heavy atom. The Balaban J connectivity index is 2.36. The highest BCUT2D eigenvalue weighted by atomic mass is 32.2. The number of rotatable bonds is 4. The molecule has 1 saturated heterocycles. The lowest BCUT2D eigenvalue weighted by Crippen LogP contribution is -2.29. The molecule has 0 amide bonds. The summed E-state index contributed by atoms with van der Waals surface area (Å²) in [4.78, 5) is 11.9. The molecule has 0 aromatic heterocycles. The Hall–Kier alpha value is 0.370. The molecular weight excluding hydrogens is 200 g/mol. The van der Waals surface area contributed by atoms with Crippen LogP contribution in [0.3, 0.4) is 0 Å². The van der Waals surface area contributed by atoms with Crippen molar-refractivity contribution < 1.29 is 4.79 Å². The van der Waals surface area contributed by atoms with Crippen molar-refractivity contribution in [1.82, 2.24) is 0 Å². The molecule has 3 heteroatoms. The van der Waals surface area contributed by atoms with Crippen LogP contribution in [0.2, 0.25) is 0 Å². The van der Waals surface area contributed by atoms with Crippen molar-refractivity contribution in [3.8, 4) is 0 Å². The van der Waals surface area contributed by atoms with Gasteiger partial charge >= 0.3 is 0 Å². The van der Waals surface area contributed by atoms with Crippen molar-refractivity contribution in [2.75, 3.05) is 17.3 Å². The second kappa shape index (κ2) is 5.97. The van der Waals surface area contributed by atoms with Crippen molar-refractivity contribution in [1.29, 1.82) is 0 Å². The quantitative estimate of drug-likeness (QED) is 0.722. The first-order chi connectivity index (χ1) is 6.25. The van der Waals surface area contributed by atoms with Gasteiger partial charge in [0.1, 0.15) is 5.78 Å². The van der Waals surface area contributed by atoms with Crippen molar-refractivity contribution in [3.63, 3.8) is 0 Å². The number of hydrogen-bond donors (Lipinski definition) is 0. The van der Waals surface area contributed by atoms with Gasteiger partial charge in [-0.2, -0.15) is 11.8 Å². The number of thioether (sulfide) groups is 2. The molecule has 1 fully saturated rings.